The van der Waals surface area contributed by atoms with Crippen molar-refractivity contribution >= 4 is 24.2 Å². The Bertz CT molecular complexity index is 324. The number of aliphatic carboxylic acids is 2. The minimum Gasteiger partial charge on any atom is -0.477 e. The Labute approximate surface area is 97.3 Å². The maximum atomic E-state index is 11.5. The Morgan fingerprint density at radius 3 is 2.18 bits per heavy atom. The summed E-state index contributed by atoms with van der Waals surface area (Å²) in [5.74, 6) is -5.10. The summed E-state index contributed by atoms with van der Waals surface area (Å²) in [4.78, 5) is 36.9. The molecule has 0 saturated heterocycles. The summed E-state index contributed by atoms with van der Waals surface area (Å²) in [6, 6.07) is 0. The summed E-state index contributed by atoms with van der Waals surface area (Å²) in [6.07, 6.45) is 0.650. The maximum Gasteiger partial charge on any atom is 0.379 e. The normalized spacial score (nSPS) is 11.2. The van der Waals surface area contributed by atoms with Gasteiger partial charge in [-0.15, -0.1) is 0 Å². The molecule has 0 rings (SSSR count). The van der Waals surface area contributed by atoms with Crippen molar-refractivity contribution in [3.8, 4) is 0 Å². The lowest BCUT2D eigenvalue weighted by Gasteiger charge is -2.22. The lowest BCUT2D eigenvalue weighted by atomic mass is 10.0. The van der Waals surface area contributed by atoms with Gasteiger partial charge in [0.1, 0.15) is 0 Å². The van der Waals surface area contributed by atoms with Crippen LogP contribution < -0.4 is 5.32 Å². The molecule has 0 spiro atoms. The van der Waals surface area contributed by atoms with Crippen LogP contribution in [-0.2, 0) is 19.1 Å². The van der Waals surface area contributed by atoms with Gasteiger partial charge >= 0.3 is 17.5 Å². The topological polar surface area (TPSA) is 125 Å². The van der Waals surface area contributed by atoms with Crippen molar-refractivity contribution in [1.82, 2.24) is 5.32 Å². The molecule has 0 aliphatic rings. The van der Waals surface area contributed by atoms with E-state index in [4.69, 9.17) is 10.2 Å². The van der Waals surface area contributed by atoms with E-state index in [2.05, 4.69) is 15.0 Å². The molecule has 0 aliphatic carbocycles. The van der Waals surface area contributed by atoms with Gasteiger partial charge in [0, 0.05) is 13.1 Å². The van der Waals surface area contributed by atoms with Crippen LogP contribution in [0.1, 0.15) is 13.8 Å². The van der Waals surface area contributed by atoms with Crippen molar-refractivity contribution in [3.63, 3.8) is 0 Å². The van der Waals surface area contributed by atoms with Gasteiger partial charge in [0.15, 0.2) is 6.40 Å². The van der Waals surface area contributed by atoms with Gasteiger partial charge in [-0.2, -0.15) is 0 Å². The first kappa shape index (κ1) is 14.9. The number of nitrogens with one attached hydrogen (secondary N) is 1. The van der Waals surface area contributed by atoms with Crippen LogP contribution in [0, 0.1) is 0 Å². The molecule has 8 nitrogen and oxygen atoms in total. The number of carboxylic acid groups (broad SMARTS) is 2. The third kappa shape index (κ3) is 3.16. The standard InChI is InChI=1S/C9H14N2O6/c1-3-10-5-17-9(7(13)14,8(15)16)6(12)11-4-2/h5H,3-4H2,1-2H3,(H,11,12)(H,13,14)(H,15,16). The van der Waals surface area contributed by atoms with E-state index < -0.39 is 23.4 Å². The molecule has 0 aromatic carbocycles. The zero-order valence-corrected chi connectivity index (χ0v) is 9.47. The Morgan fingerprint density at radius 1 is 1.29 bits per heavy atom. The van der Waals surface area contributed by atoms with Crippen molar-refractivity contribution in [3.05, 3.63) is 0 Å². The quantitative estimate of drug-likeness (QED) is 0.303. The van der Waals surface area contributed by atoms with E-state index >= 15 is 0 Å². The third-order valence-electron chi connectivity index (χ3n) is 1.75. The summed E-state index contributed by atoms with van der Waals surface area (Å²) in [7, 11) is 0. The van der Waals surface area contributed by atoms with Crippen LogP contribution in [-0.4, -0.2) is 53.2 Å². The molecule has 0 saturated carbocycles. The van der Waals surface area contributed by atoms with Crippen molar-refractivity contribution in [2.75, 3.05) is 13.1 Å². The number of hydrogen-bond donors (Lipinski definition) is 3. The molecule has 0 aliphatic heterocycles. The lowest BCUT2D eigenvalue weighted by Crippen LogP contribution is -2.60. The summed E-state index contributed by atoms with van der Waals surface area (Å²) in [5.41, 5.74) is -3.01. The van der Waals surface area contributed by atoms with Gasteiger partial charge in [-0.1, -0.05) is 0 Å². The number of nitrogens with zero attached hydrogens (tertiary/aromatic N) is 1. The van der Waals surface area contributed by atoms with Gasteiger partial charge in [-0.05, 0) is 13.8 Å². The number of hydrogen-bond acceptors (Lipinski definition) is 5. The van der Waals surface area contributed by atoms with Gasteiger partial charge in [0.25, 0.3) is 5.91 Å². The van der Waals surface area contributed by atoms with E-state index in [1.54, 1.807) is 6.92 Å². The van der Waals surface area contributed by atoms with Crippen LogP contribution in [0.2, 0.25) is 0 Å². The predicted molar refractivity (Wildman–Crippen MR) is 56.8 cm³/mol. The summed E-state index contributed by atoms with van der Waals surface area (Å²) >= 11 is 0. The highest BCUT2D eigenvalue weighted by molar-refractivity contribution is 6.23. The number of ether oxygens (including phenoxy) is 1. The highest BCUT2D eigenvalue weighted by Crippen LogP contribution is 2.12. The number of likely N-dealkylation sites (N-methyl/N-ethyl adjacent to an activating group) is 1. The highest BCUT2D eigenvalue weighted by atomic mass is 16.6. The fourth-order valence-electron chi connectivity index (χ4n) is 0.916. The van der Waals surface area contributed by atoms with Gasteiger partial charge in [0.2, 0.25) is 0 Å². The van der Waals surface area contributed by atoms with Crippen LogP contribution in [0.25, 0.3) is 0 Å². The molecular weight excluding hydrogens is 232 g/mol. The lowest BCUT2D eigenvalue weighted by molar-refractivity contribution is -0.177. The fraction of sp³-hybridized carbons (Fsp3) is 0.556. The van der Waals surface area contributed by atoms with E-state index in [0.717, 1.165) is 0 Å². The zero-order valence-electron chi connectivity index (χ0n) is 9.47. The van der Waals surface area contributed by atoms with Crippen LogP contribution in [0.5, 0.6) is 0 Å². The van der Waals surface area contributed by atoms with E-state index in [1.165, 1.54) is 6.92 Å². The van der Waals surface area contributed by atoms with Gasteiger partial charge in [-0.25, -0.2) is 9.59 Å². The largest absolute Gasteiger partial charge is 0.477 e. The molecule has 0 fully saturated rings. The Balaban J connectivity index is 5.28. The predicted octanol–water partition coefficient (Wildman–Crippen LogP) is -0.905. The molecule has 0 aromatic heterocycles. The number of carboxylic acids is 2. The molecule has 96 valence electrons. The monoisotopic (exact) mass is 246 g/mol. The Kier molecular flexibility index (Phi) is 5.65. The van der Waals surface area contributed by atoms with Gasteiger partial charge in [0.05, 0.1) is 0 Å². The molecule has 0 unspecified atom stereocenters. The first-order chi connectivity index (χ1) is 7.93. The highest BCUT2D eigenvalue weighted by Gasteiger charge is 2.56. The first-order valence-electron chi connectivity index (χ1n) is 4.84. The van der Waals surface area contributed by atoms with Crippen molar-refractivity contribution in [1.29, 1.82) is 0 Å². The minimum absolute atomic E-state index is 0.0788. The summed E-state index contributed by atoms with van der Waals surface area (Å²) in [6.45, 7) is 3.50. The Morgan fingerprint density at radius 2 is 1.82 bits per heavy atom. The number of aliphatic imine (C=N–C) groups is 1. The molecule has 0 aromatic rings. The third-order valence-corrected chi connectivity index (χ3v) is 1.75. The van der Waals surface area contributed by atoms with Crippen LogP contribution in [0.15, 0.2) is 4.99 Å². The van der Waals surface area contributed by atoms with Crippen LogP contribution in [0.4, 0.5) is 0 Å². The van der Waals surface area contributed by atoms with E-state index in [-0.39, 0.29) is 13.1 Å². The maximum absolute atomic E-state index is 11.5. The zero-order chi connectivity index (χ0) is 13.5. The number of rotatable bonds is 7. The van der Waals surface area contributed by atoms with Crippen molar-refractivity contribution < 1.29 is 29.3 Å². The molecule has 0 atom stereocenters. The molecule has 17 heavy (non-hydrogen) atoms. The number of amides is 1. The van der Waals surface area contributed by atoms with E-state index in [1.807, 2.05) is 0 Å². The molecule has 0 bridgehead atoms. The average molecular weight is 246 g/mol. The molecule has 3 N–H and O–H groups in total. The van der Waals surface area contributed by atoms with Gasteiger partial charge in [-0.3, -0.25) is 9.79 Å². The SMILES string of the molecule is CCN=COC(C(=O)O)(C(=O)O)C(=O)NCC. The number of carbonyl (C=O) groups excluding carboxylic acids is 1. The van der Waals surface area contributed by atoms with E-state index in [9.17, 15) is 14.4 Å². The minimum atomic E-state index is -3.01. The second-order valence-electron chi connectivity index (χ2n) is 2.87. The van der Waals surface area contributed by atoms with Crippen LogP contribution in [0.3, 0.4) is 0 Å². The Hall–Kier alpha value is -2.12. The fourth-order valence-corrected chi connectivity index (χ4v) is 0.916. The molecule has 0 heterocycles. The van der Waals surface area contributed by atoms with E-state index in [0.29, 0.717) is 6.40 Å². The van der Waals surface area contributed by atoms with Crippen molar-refractivity contribution in [2.45, 2.75) is 19.4 Å². The number of carbonyl (C=O) groups is 3. The summed E-state index contributed by atoms with van der Waals surface area (Å²) < 4.78 is 4.50. The second-order valence-corrected chi connectivity index (χ2v) is 2.87. The average Bonchev–Trinajstić information content (AvgIpc) is 2.23. The smallest absolute Gasteiger partial charge is 0.379 e. The molecule has 1 amide bonds. The second kappa shape index (κ2) is 6.46. The van der Waals surface area contributed by atoms with Crippen LogP contribution >= 0.6 is 0 Å². The summed E-state index contributed by atoms with van der Waals surface area (Å²) in [5, 5.41) is 19.8. The molecule has 8 heteroatoms. The first-order valence-corrected chi connectivity index (χ1v) is 4.84. The van der Waals surface area contributed by atoms with Gasteiger partial charge < -0.3 is 20.3 Å². The molecule has 0 radical (unpaired) electrons. The van der Waals surface area contributed by atoms with Crippen molar-refractivity contribution in [2.24, 2.45) is 4.99 Å². The molecular formula is C9H14N2O6.